The summed E-state index contributed by atoms with van der Waals surface area (Å²) >= 11 is 17.5. The van der Waals surface area contributed by atoms with Gasteiger partial charge in [-0.15, -0.1) is 0 Å². The monoisotopic (exact) mass is 923 g/mol. The highest BCUT2D eigenvalue weighted by molar-refractivity contribution is 6.67. The fourth-order valence-electron chi connectivity index (χ4n) is 9.67. The lowest BCUT2D eigenvalue weighted by Crippen LogP contribution is -2.82. The molecule has 5 unspecified atom stereocenters. The second-order valence-electron chi connectivity index (χ2n) is 16.8. The summed E-state index contributed by atoms with van der Waals surface area (Å²) in [5, 5.41) is 24.9. The lowest BCUT2D eigenvalue weighted by Gasteiger charge is -2.67. The van der Waals surface area contributed by atoms with Gasteiger partial charge in [0, 0.05) is 32.1 Å². The summed E-state index contributed by atoms with van der Waals surface area (Å²) in [5.74, 6) is -6.62. The predicted octanol–water partition coefficient (Wildman–Crippen LogP) is 4.80. The van der Waals surface area contributed by atoms with E-state index in [9.17, 15) is 34.2 Å². The zero-order valence-electron chi connectivity index (χ0n) is 34.6. The van der Waals surface area contributed by atoms with Crippen LogP contribution in [0.15, 0.2) is 71.8 Å². The first-order chi connectivity index (χ1) is 28.9. The molecule has 0 radical (unpaired) electrons. The molecule has 0 amide bonds. The fraction of sp³-hybridized carbons (Fsp3) is 0.535. The zero-order chi connectivity index (χ0) is 45.7. The summed E-state index contributed by atoms with van der Waals surface area (Å²) in [7, 11) is 0. The molecule has 16 nitrogen and oxygen atoms in total. The van der Waals surface area contributed by atoms with Gasteiger partial charge in [-0.05, 0) is 42.7 Å². The van der Waals surface area contributed by atoms with E-state index < -0.39 is 130 Å². The molecule has 11 atom stereocenters. The predicted molar refractivity (Wildman–Crippen MR) is 218 cm³/mol. The van der Waals surface area contributed by atoms with Crippen molar-refractivity contribution in [3.05, 3.63) is 82.9 Å². The van der Waals surface area contributed by atoms with Crippen molar-refractivity contribution in [2.24, 2.45) is 22.5 Å². The van der Waals surface area contributed by atoms with E-state index in [4.69, 9.17) is 73.7 Å². The first kappa shape index (κ1) is 47.2. The Morgan fingerprint density at radius 1 is 0.919 bits per heavy atom. The van der Waals surface area contributed by atoms with E-state index in [1.54, 1.807) is 48.5 Å². The van der Waals surface area contributed by atoms with Gasteiger partial charge in [-0.3, -0.25) is 14.4 Å². The zero-order valence-corrected chi connectivity index (χ0v) is 36.9. The molecule has 1 aliphatic heterocycles. The maximum Gasteiger partial charge on any atom is 0.508 e. The molecule has 1 heterocycles. The summed E-state index contributed by atoms with van der Waals surface area (Å²) in [5.41, 5.74) is -1.49. The van der Waals surface area contributed by atoms with Crippen LogP contribution in [0.3, 0.4) is 0 Å². The second kappa shape index (κ2) is 17.4. The summed E-state index contributed by atoms with van der Waals surface area (Å²) < 4.78 is 39.2. The van der Waals surface area contributed by atoms with Gasteiger partial charge in [-0.2, -0.15) is 0 Å². The number of ketones is 1. The lowest BCUT2D eigenvalue weighted by molar-refractivity contribution is -0.346. The Labute approximate surface area is 372 Å². The molecular weight excluding hydrogens is 877 g/mol. The number of Topliss-reactive ketones (excluding diaryl/α,β-unsaturated/α-hetero) is 1. The molecule has 1 saturated heterocycles. The molecule has 4 aliphatic rings. The van der Waals surface area contributed by atoms with Crippen molar-refractivity contribution < 1.29 is 72.1 Å². The average molecular weight is 925 g/mol. The molecule has 2 aromatic rings. The highest BCUT2D eigenvalue weighted by atomic mass is 35.6. The van der Waals surface area contributed by atoms with Crippen molar-refractivity contribution in [3.63, 3.8) is 0 Å². The van der Waals surface area contributed by atoms with Crippen molar-refractivity contribution in [2.45, 2.75) is 112 Å². The number of esters is 4. The van der Waals surface area contributed by atoms with E-state index in [0.717, 1.165) is 13.8 Å². The van der Waals surface area contributed by atoms with Crippen LogP contribution in [0.4, 0.5) is 4.79 Å². The number of halogens is 3. The molecule has 62 heavy (non-hydrogen) atoms. The number of hydrogen-bond donors (Lipinski definition) is 3. The first-order valence-electron chi connectivity index (χ1n) is 19.7. The molecule has 19 heteroatoms. The number of hydrogen-bond acceptors (Lipinski definition) is 16. The maximum atomic E-state index is 15.9. The number of aliphatic hydroxyl groups is 2. The summed E-state index contributed by atoms with van der Waals surface area (Å²) in [6.45, 7) is 6.88. The van der Waals surface area contributed by atoms with Gasteiger partial charge in [0.25, 0.3) is 0 Å². The number of rotatable bonds is 10. The van der Waals surface area contributed by atoms with Crippen LogP contribution in [-0.4, -0.2) is 111 Å². The van der Waals surface area contributed by atoms with Crippen LogP contribution in [0.1, 0.15) is 76.3 Å². The Morgan fingerprint density at radius 2 is 1.53 bits per heavy atom. The molecular formula is C43H48Cl3NO15. The van der Waals surface area contributed by atoms with Crippen molar-refractivity contribution in [1.82, 2.24) is 0 Å². The van der Waals surface area contributed by atoms with Crippen molar-refractivity contribution in [1.29, 1.82) is 0 Å². The van der Waals surface area contributed by atoms with Crippen molar-refractivity contribution in [3.8, 4) is 0 Å². The van der Waals surface area contributed by atoms with Gasteiger partial charge in [0.1, 0.15) is 36.6 Å². The standard InChI is InChI=1S/C43H48Cl3NO15/c1-21-26(59-37(53)31(50)30(47)24-13-9-7-10-14-24)18-42(55)35(61-36(52)25-15-11-8-12-16-25)33-40(6,34(51)32(58-22(2)48)29(21)39(42,4)5)27(60-38(54)57-20-43(44,45)46)17-28-41(33,19-56-28)62-23(3)49/h7-16,26-28,30-33,35,50,55H,17-20,47H2,1-6H3/t26?,27-,28+,30?,31?,32+,33?,35?,40+,41-,42+/m0/s1. The number of aliphatic hydroxyl groups excluding tert-OH is 1. The SMILES string of the molecule is CC(=O)O[C@H]1C(=O)[C@@]2(C)C(C(OC(=O)c3ccccc3)[C@]3(O)CC(OC(=O)C(O)C(N)c4ccccc4)C(C)=C1C3(C)C)[C@]1(OC(C)=O)CO[C@@H]1C[C@@H]2OC(=O)OCC(Cl)(Cl)Cl. The molecule has 4 N–H and O–H groups in total. The van der Waals surface area contributed by atoms with Crippen LogP contribution in [-0.2, 0) is 52.3 Å². The second-order valence-corrected chi connectivity index (χ2v) is 19.3. The summed E-state index contributed by atoms with van der Waals surface area (Å²) in [6, 6.07) is 14.7. The van der Waals surface area contributed by atoms with Crippen LogP contribution < -0.4 is 5.73 Å². The normalized spacial score (nSPS) is 32.2. The van der Waals surface area contributed by atoms with Crippen LogP contribution in [0.25, 0.3) is 0 Å². The number of ether oxygens (including phenoxy) is 7. The van der Waals surface area contributed by atoms with Gasteiger partial charge in [0.15, 0.2) is 23.6 Å². The minimum Gasteiger partial charge on any atom is -0.456 e. The number of carbonyl (C=O) groups is 6. The Kier molecular flexibility index (Phi) is 13.2. The Bertz CT molecular complexity index is 2130. The van der Waals surface area contributed by atoms with Gasteiger partial charge < -0.3 is 49.1 Å². The molecule has 2 bridgehead atoms. The van der Waals surface area contributed by atoms with E-state index >= 15 is 4.79 Å². The topological polar surface area (TPSA) is 234 Å². The third-order valence-electron chi connectivity index (χ3n) is 12.8. The molecule has 0 aromatic heterocycles. The number of carbonyl (C=O) groups excluding carboxylic acids is 6. The molecule has 2 aromatic carbocycles. The van der Waals surface area contributed by atoms with E-state index in [-0.39, 0.29) is 23.1 Å². The Balaban J connectivity index is 1.60. The van der Waals surface area contributed by atoms with Gasteiger partial charge in [-0.25, -0.2) is 14.4 Å². The Morgan fingerprint density at radius 3 is 2.08 bits per heavy atom. The fourth-order valence-corrected chi connectivity index (χ4v) is 9.84. The van der Waals surface area contributed by atoms with E-state index in [0.29, 0.717) is 5.56 Å². The van der Waals surface area contributed by atoms with E-state index in [2.05, 4.69) is 0 Å². The molecule has 3 aliphatic carbocycles. The third kappa shape index (κ3) is 8.42. The number of alkyl halides is 3. The lowest BCUT2D eigenvalue weighted by atomic mass is 9.44. The molecule has 3 fully saturated rings. The van der Waals surface area contributed by atoms with Gasteiger partial charge in [-0.1, -0.05) is 97.2 Å². The number of nitrogens with two attached hydrogens (primary N) is 1. The third-order valence-corrected chi connectivity index (χ3v) is 13.1. The quantitative estimate of drug-likeness (QED) is 0.126. The molecule has 0 spiro atoms. The van der Waals surface area contributed by atoms with Gasteiger partial charge in [0.2, 0.25) is 3.79 Å². The molecule has 6 rings (SSSR count). The minimum atomic E-state index is -2.46. The van der Waals surface area contributed by atoms with Crippen LogP contribution in [0.2, 0.25) is 0 Å². The number of fused-ring (bicyclic) bond motifs is 5. The van der Waals surface area contributed by atoms with Crippen LogP contribution >= 0.6 is 34.8 Å². The first-order valence-corrected chi connectivity index (χ1v) is 20.8. The van der Waals surface area contributed by atoms with E-state index in [1.807, 2.05) is 0 Å². The molecule has 2 saturated carbocycles. The van der Waals surface area contributed by atoms with E-state index in [1.165, 1.54) is 39.8 Å². The van der Waals surface area contributed by atoms with Gasteiger partial charge >= 0.3 is 30.0 Å². The average Bonchev–Trinajstić information content (AvgIpc) is 3.20. The highest BCUT2D eigenvalue weighted by Crippen LogP contribution is 2.65. The van der Waals surface area contributed by atoms with Crippen molar-refractivity contribution >= 4 is 70.6 Å². The van der Waals surface area contributed by atoms with Gasteiger partial charge in [0.05, 0.1) is 29.5 Å². The van der Waals surface area contributed by atoms with Crippen LogP contribution in [0, 0.1) is 16.7 Å². The maximum absolute atomic E-state index is 15.9. The Hall–Kier alpha value is -4.29. The largest absolute Gasteiger partial charge is 0.508 e. The van der Waals surface area contributed by atoms with Crippen molar-refractivity contribution in [2.75, 3.05) is 13.2 Å². The molecule has 336 valence electrons. The summed E-state index contributed by atoms with van der Waals surface area (Å²) in [4.78, 5) is 83.7. The smallest absolute Gasteiger partial charge is 0.456 e. The summed E-state index contributed by atoms with van der Waals surface area (Å²) in [6.07, 6.45) is -12.3. The van der Waals surface area contributed by atoms with Crippen LogP contribution in [0.5, 0.6) is 0 Å². The number of benzene rings is 2. The highest BCUT2D eigenvalue weighted by Gasteiger charge is 2.79. The minimum absolute atomic E-state index is 0.0207.